The molecule has 0 radical (unpaired) electrons. The largest absolute Gasteiger partial charge is 0.331 e. The van der Waals surface area contributed by atoms with Crippen LogP contribution in [0.2, 0.25) is 0 Å². The van der Waals surface area contributed by atoms with E-state index in [0.717, 1.165) is 18.4 Å². The van der Waals surface area contributed by atoms with Gasteiger partial charge in [-0.05, 0) is 40.0 Å². The third kappa shape index (κ3) is 8.12. The van der Waals surface area contributed by atoms with E-state index < -0.39 is 6.04 Å². The van der Waals surface area contributed by atoms with E-state index in [0.29, 0.717) is 13.0 Å². The zero-order valence-electron chi connectivity index (χ0n) is 16.1. The van der Waals surface area contributed by atoms with Gasteiger partial charge in [0.2, 0.25) is 5.91 Å². The Morgan fingerprint density at radius 2 is 1.78 bits per heavy atom. The van der Waals surface area contributed by atoms with Gasteiger partial charge in [-0.25, -0.2) is 0 Å². The molecule has 0 saturated carbocycles. The average Bonchev–Trinajstić information content (AvgIpc) is 3.07. The minimum Gasteiger partial charge on any atom is -0.331 e. The predicted octanol–water partition coefficient (Wildman–Crippen LogP) is 3.86. The summed E-state index contributed by atoms with van der Waals surface area (Å²) in [6.45, 7) is 14.1. The zero-order valence-corrected chi connectivity index (χ0v) is 16.1. The quantitative estimate of drug-likeness (QED) is 0.781. The zero-order chi connectivity index (χ0) is 18.4. The maximum atomic E-state index is 12.3. The molecule has 1 aliphatic heterocycles. The molecule has 2 atom stereocenters. The van der Waals surface area contributed by atoms with Gasteiger partial charge in [0.15, 0.2) is 5.78 Å². The van der Waals surface area contributed by atoms with Crippen molar-refractivity contribution in [3.63, 3.8) is 0 Å². The molecular formula is C19H36N2O2. The number of allylic oxidation sites excluding steroid dienone is 3. The van der Waals surface area contributed by atoms with Crippen LogP contribution in [0.4, 0.5) is 0 Å². The Labute approximate surface area is 142 Å². The van der Waals surface area contributed by atoms with Gasteiger partial charge in [0.1, 0.15) is 0 Å². The summed E-state index contributed by atoms with van der Waals surface area (Å²) >= 11 is 0. The molecule has 4 heteroatoms. The number of Topliss-reactive ketones (excluding diaryl/α,β-unsaturated/α-hetero) is 1. The SMILES string of the molecule is C/C=C\C(=C/C)CC(N)C(=O)N1CCCC1C(C)=O.CC.CC. The number of rotatable bonds is 5. The van der Waals surface area contributed by atoms with Crippen molar-refractivity contribution in [1.82, 2.24) is 4.90 Å². The van der Waals surface area contributed by atoms with Gasteiger partial charge >= 0.3 is 0 Å². The predicted molar refractivity (Wildman–Crippen MR) is 99.3 cm³/mol. The molecule has 1 rings (SSSR count). The normalized spacial score (nSPS) is 18.7. The van der Waals surface area contributed by atoms with Crippen LogP contribution in [-0.4, -0.2) is 35.2 Å². The highest BCUT2D eigenvalue weighted by molar-refractivity contribution is 5.90. The van der Waals surface area contributed by atoms with Crippen molar-refractivity contribution in [2.45, 2.75) is 79.8 Å². The lowest BCUT2D eigenvalue weighted by atomic mass is 10.0. The van der Waals surface area contributed by atoms with E-state index in [9.17, 15) is 9.59 Å². The van der Waals surface area contributed by atoms with Crippen molar-refractivity contribution in [2.75, 3.05) is 6.54 Å². The monoisotopic (exact) mass is 324 g/mol. The number of ketones is 1. The molecular weight excluding hydrogens is 288 g/mol. The van der Waals surface area contributed by atoms with Crippen molar-refractivity contribution in [2.24, 2.45) is 5.73 Å². The number of nitrogens with zero attached hydrogens (tertiary/aromatic N) is 1. The van der Waals surface area contributed by atoms with Gasteiger partial charge in [0.05, 0.1) is 12.1 Å². The lowest BCUT2D eigenvalue weighted by molar-refractivity contribution is -0.137. The smallest absolute Gasteiger partial charge is 0.240 e. The van der Waals surface area contributed by atoms with Gasteiger partial charge in [-0.2, -0.15) is 0 Å². The van der Waals surface area contributed by atoms with Crippen molar-refractivity contribution in [3.05, 3.63) is 23.8 Å². The summed E-state index contributed by atoms with van der Waals surface area (Å²) < 4.78 is 0. The number of nitrogens with two attached hydrogens (primary N) is 1. The third-order valence-electron chi connectivity index (χ3n) is 3.53. The molecule has 1 amide bonds. The highest BCUT2D eigenvalue weighted by atomic mass is 16.2. The maximum absolute atomic E-state index is 12.3. The lowest BCUT2D eigenvalue weighted by Gasteiger charge is -2.26. The first-order valence-electron chi connectivity index (χ1n) is 8.85. The van der Waals surface area contributed by atoms with Crippen molar-refractivity contribution < 1.29 is 9.59 Å². The van der Waals surface area contributed by atoms with Crippen molar-refractivity contribution >= 4 is 11.7 Å². The summed E-state index contributed by atoms with van der Waals surface area (Å²) in [5.74, 6) is -0.0562. The molecule has 1 heterocycles. The van der Waals surface area contributed by atoms with Gasteiger partial charge in [-0.1, -0.05) is 51.5 Å². The molecule has 0 bridgehead atoms. The van der Waals surface area contributed by atoms with E-state index in [1.807, 2.05) is 59.8 Å². The van der Waals surface area contributed by atoms with E-state index in [2.05, 4.69) is 0 Å². The van der Waals surface area contributed by atoms with Gasteiger partial charge in [-0.3, -0.25) is 9.59 Å². The third-order valence-corrected chi connectivity index (χ3v) is 3.53. The van der Waals surface area contributed by atoms with Crippen LogP contribution < -0.4 is 5.73 Å². The van der Waals surface area contributed by atoms with E-state index in [1.54, 1.807) is 11.8 Å². The van der Waals surface area contributed by atoms with Crippen molar-refractivity contribution in [3.8, 4) is 0 Å². The second-order valence-corrected chi connectivity index (χ2v) is 4.97. The summed E-state index contributed by atoms with van der Waals surface area (Å²) in [7, 11) is 0. The van der Waals surface area contributed by atoms with Crippen LogP contribution in [0.1, 0.15) is 67.7 Å². The summed E-state index contributed by atoms with van der Waals surface area (Å²) in [5, 5.41) is 0. The number of carbonyl (C=O) groups is 2. The summed E-state index contributed by atoms with van der Waals surface area (Å²) in [6.07, 6.45) is 8.01. The van der Waals surface area contributed by atoms with E-state index in [4.69, 9.17) is 5.73 Å². The Hall–Kier alpha value is -1.42. The molecule has 0 aliphatic carbocycles. The van der Waals surface area contributed by atoms with E-state index in [1.165, 1.54) is 0 Å². The molecule has 2 unspecified atom stereocenters. The topological polar surface area (TPSA) is 63.4 Å². The van der Waals surface area contributed by atoms with Gasteiger partial charge in [0.25, 0.3) is 0 Å². The van der Waals surface area contributed by atoms with Crippen LogP contribution >= 0.6 is 0 Å². The second-order valence-electron chi connectivity index (χ2n) is 4.97. The van der Waals surface area contributed by atoms with Crippen LogP contribution in [0.5, 0.6) is 0 Å². The number of hydrogen-bond donors (Lipinski definition) is 1. The fourth-order valence-electron chi connectivity index (χ4n) is 2.50. The molecule has 1 aliphatic rings. The van der Waals surface area contributed by atoms with Gasteiger partial charge < -0.3 is 10.6 Å². The van der Waals surface area contributed by atoms with Crippen LogP contribution in [0.15, 0.2) is 23.8 Å². The first-order chi connectivity index (χ1) is 11.0. The van der Waals surface area contributed by atoms with Crippen LogP contribution in [-0.2, 0) is 9.59 Å². The van der Waals surface area contributed by atoms with E-state index in [-0.39, 0.29) is 17.7 Å². The standard InChI is InChI=1S/C15H24N2O2.2C2H6/c1-4-7-12(5-2)10-13(16)15(19)17-9-6-8-14(17)11(3)18;2*1-2/h4-5,7,13-14H,6,8-10,16H2,1-3H3;2*1-2H3/b7-4-,12-5+;;. The Morgan fingerprint density at radius 1 is 1.22 bits per heavy atom. The summed E-state index contributed by atoms with van der Waals surface area (Å²) in [6, 6.07) is -0.836. The minimum atomic E-state index is -0.567. The average molecular weight is 325 g/mol. The van der Waals surface area contributed by atoms with Gasteiger partial charge in [-0.15, -0.1) is 0 Å². The van der Waals surface area contributed by atoms with Gasteiger partial charge in [0, 0.05) is 6.54 Å². The maximum Gasteiger partial charge on any atom is 0.240 e. The molecule has 0 spiro atoms. The highest BCUT2D eigenvalue weighted by Crippen LogP contribution is 2.20. The Bertz CT molecular complexity index is 400. The van der Waals surface area contributed by atoms with Crippen LogP contribution in [0, 0.1) is 0 Å². The number of hydrogen-bond acceptors (Lipinski definition) is 3. The minimum absolute atomic E-state index is 0.0535. The molecule has 1 saturated heterocycles. The Kier molecular flexibility index (Phi) is 14.7. The second kappa shape index (κ2) is 14.2. The fraction of sp³-hybridized carbons (Fsp3) is 0.684. The van der Waals surface area contributed by atoms with Crippen LogP contribution in [0.3, 0.4) is 0 Å². The summed E-state index contributed by atoms with van der Waals surface area (Å²) in [4.78, 5) is 25.5. The molecule has 1 fully saturated rings. The number of likely N-dealkylation sites (tertiary alicyclic amines) is 1. The lowest BCUT2D eigenvalue weighted by Crippen LogP contribution is -2.48. The number of carbonyl (C=O) groups excluding carboxylic acids is 2. The first-order valence-corrected chi connectivity index (χ1v) is 8.85. The Morgan fingerprint density at radius 3 is 2.22 bits per heavy atom. The first kappa shape index (κ1) is 23.8. The molecule has 134 valence electrons. The Balaban J connectivity index is 0. The molecule has 4 nitrogen and oxygen atoms in total. The number of amides is 1. The highest BCUT2D eigenvalue weighted by Gasteiger charge is 2.34. The van der Waals surface area contributed by atoms with E-state index >= 15 is 0 Å². The molecule has 0 aromatic heterocycles. The fourth-order valence-corrected chi connectivity index (χ4v) is 2.50. The molecule has 23 heavy (non-hydrogen) atoms. The summed E-state index contributed by atoms with van der Waals surface area (Å²) in [5.41, 5.74) is 7.03. The van der Waals surface area contributed by atoms with Crippen molar-refractivity contribution in [1.29, 1.82) is 0 Å². The van der Waals surface area contributed by atoms with Crippen LogP contribution in [0.25, 0.3) is 0 Å². The molecule has 2 N–H and O–H groups in total. The molecule has 0 aromatic rings. The molecule has 0 aromatic carbocycles.